The second kappa shape index (κ2) is 7.90. The van der Waals surface area contributed by atoms with Gasteiger partial charge in [0.2, 0.25) is 5.88 Å². The molecule has 30 heavy (non-hydrogen) atoms. The highest BCUT2D eigenvalue weighted by Gasteiger charge is 2.20. The van der Waals surface area contributed by atoms with Crippen molar-refractivity contribution >= 4 is 17.0 Å². The Morgan fingerprint density at radius 1 is 1.17 bits per heavy atom. The molecule has 0 bridgehead atoms. The van der Waals surface area contributed by atoms with Crippen LogP contribution in [0.2, 0.25) is 0 Å². The molecule has 1 aromatic carbocycles. The van der Waals surface area contributed by atoms with Gasteiger partial charge in [-0.2, -0.15) is 15.2 Å². The fourth-order valence-corrected chi connectivity index (χ4v) is 3.09. The number of fused-ring (bicyclic) bond motifs is 1. The Balaban J connectivity index is 1.74. The number of ether oxygens (including phenoxy) is 2. The van der Waals surface area contributed by atoms with E-state index < -0.39 is 5.97 Å². The van der Waals surface area contributed by atoms with Gasteiger partial charge in [-0.25, -0.2) is 18.9 Å². The smallest absolute Gasteiger partial charge is 0.341 e. The minimum Gasteiger partial charge on any atom is -0.479 e. The summed E-state index contributed by atoms with van der Waals surface area (Å²) in [6.45, 7) is 3.94. The molecule has 0 aliphatic heterocycles. The van der Waals surface area contributed by atoms with Gasteiger partial charge >= 0.3 is 5.97 Å². The molecule has 0 saturated heterocycles. The summed E-state index contributed by atoms with van der Waals surface area (Å²) in [4.78, 5) is 20.8. The van der Waals surface area contributed by atoms with Gasteiger partial charge in [-0.1, -0.05) is 12.1 Å². The summed E-state index contributed by atoms with van der Waals surface area (Å²) in [6, 6.07) is 6.02. The van der Waals surface area contributed by atoms with E-state index in [1.54, 1.807) is 29.9 Å². The lowest BCUT2D eigenvalue weighted by molar-refractivity contribution is 0.0526. The number of carbonyl (C=O) groups is 1. The third-order valence-electron chi connectivity index (χ3n) is 4.61. The Labute approximate surface area is 171 Å². The van der Waals surface area contributed by atoms with Crippen LogP contribution in [-0.4, -0.2) is 49.2 Å². The molecule has 0 spiro atoms. The SMILES string of the molecule is CCOC(=O)c1cnn(-c2nc(OC)c3c(cnn3[C@@H](C)c3ccc(F)cc3)n2)c1. The molecule has 4 rings (SSSR count). The number of nitrogens with zero attached hydrogens (tertiary/aromatic N) is 6. The van der Waals surface area contributed by atoms with E-state index in [4.69, 9.17) is 9.47 Å². The zero-order chi connectivity index (χ0) is 21.3. The second-order valence-electron chi connectivity index (χ2n) is 6.48. The Morgan fingerprint density at radius 3 is 2.63 bits per heavy atom. The van der Waals surface area contributed by atoms with E-state index >= 15 is 0 Å². The first kappa shape index (κ1) is 19.5. The van der Waals surface area contributed by atoms with Gasteiger partial charge in [0.05, 0.1) is 37.7 Å². The molecule has 9 nitrogen and oxygen atoms in total. The second-order valence-corrected chi connectivity index (χ2v) is 6.48. The number of benzene rings is 1. The van der Waals surface area contributed by atoms with Gasteiger partial charge < -0.3 is 9.47 Å². The average Bonchev–Trinajstić information content (AvgIpc) is 3.41. The van der Waals surface area contributed by atoms with Crippen LogP contribution in [-0.2, 0) is 4.74 Å². The Hall–Kier alpha value is -3.82. The van der Waals surface area contributed by atoms with Gasteiger partial charge in [0, 0.05) is 6.20 Å². The van der Waals surface area contributed by atoms with E-state index in [1.165, 1.54) is 36.3 Å². The Morgan fingerprint density at radius 2 is 1.93 bits per heavy atom. The molecule has 4 aromatic rings. The summed E-state index contributed by atoms with van der Waals surface area (Å²) in [5.41, 5.74) is 2.30. The van der Waals surface area contributed by atoms with Gasteiger partial charge in [0.1, 0.15) is 16.9 Å². The van der Waals surface area contributed by atoms with Crippen molar-refractivity contribution in [1.29, 1.82) is 0 Å². The number of carbonyl (C=O) groups excluding carboxylic acids is 1. The highest BCUT2D eigenvalue weighted by atomic mass is 19.1. The van der Waals surface area contributed by atoms with Crippen molar-refractivity contribution in [2.75, 3.05) is 13.7 Å². The van der Waals surface area contributed by atoms with Crippen molar-refractivity contribution in [2.24, 2.45) is 0 Å². The maximum absolute atomic E-state index is 13.3. The minimum atomic E-state index is -0.474. The number of esters is 1. The van der Waals surface area contributed by atoms with Crippen molar-refractivity contribution in [1.82, 2.24) is 29.5 Å². The molecule has 154 valence electrons. The molecule has 1 atom stereocenters. The number of aromatic nitrogens is 6. The molecule has 0 saturated carbocycles. The largest absolute Gasteiger partial charge is 0.479 e. The lowest BCUT2D eigenvalue weighted by atomic mass is 10.1. The first-order valence-corrected chi connectivity index (χ1v) is 9.28. The number of rotatable bonds is 6. The van der Waals surface area contributed by atoms with E-state index in [0.717, 1.165) is 5.56 Å². The van der Waals surface area contributed by atoms with Crippen molar-refractivity contribution in [3.05, 3.63) is 59.8 Å². The van der Waals surface area contributed by atoms with Crippen LogP contribution in [0.25, 0.3) is 17.0 Å². The monoisotopic (exact) mass is 410 g/mol. The molecule has 3 heterocycles. The average molecular weight is 410 g/mol. The van der Waals surface area contributed by atoms with Crippen LogP contribution < -0.4 is 4.74 Å². The lowest BCUT2D eigenvalue weighted by Gasteiger charge is -2.15. The van der Waals surface area contributed by atoms with Crippen LogP contribution >= 0.6 is 0 Å². The first-order valence-electron chi connectivity index (χ1n) is 9.28. The first-order chi connectivity index (χ1) is 14.5. The quantitative estimate of drug-likeness (QED) is 0.451. The normalized spacial score (nSPS) is 12.1. The fourth-order valence-electron chi connectivity index (χ4n) is 3.09. The van der Waals surface area contributed by atoms with Crippen LogP contribution in [0.5, 0.6) is 5.88 Å². The summed E-state index contributed by atoms with van der Waals surface area (Å²) in [7, 11) is 1.50. The highest BCUT2D eigenvalue weighted by Crippen LogP contribution is 2.28. The number of methoxy groups -OCH3 is 1. The molecule has 0 unspecified atom stereocenters. The molecular formula is C20H19FN6O3. The maximum Gasteiger partial charge on any atom is 0.341 e. The minimum absolute atomic E-state index is 0.202. The van der Waals surface area contributed by atoms with Crippen molar-refractivity contribution < 1.29 is 18.7 Å². The van der Waals surface area contributed by atoms with Crippen molar-refractivity contribution in [3.63, 3.8) is 0 Å². The lowest BCUT2D eigenvalue weighted by Crippen LogP contribution is -2.11. The zero-order valence-corrected chi connectivity index (χ0v) is 16.6. The van der Waals surface area contributed by atoms with Crippen LogP contribution in [0.4, 0.5) is 4.39 Å². The van der Waals surface area contributed by atoms with Gasteiger partial charge in [-0.3, -0.25) is 4.68 Å². The van der Waals surface area contributed by atoms with Crippen LogP contribution in [0.1, 0.15) is 35.8 Å². The highest BCUT2D eigenvalue weighted by molar-refractivity contribution is 5.88. The van der Waals surface area contributed by atoms with Gasteiger partial charge in [-0.05, 0) is 31.5 Å². The summed E-state index contributed by atoms with van der Waals surface area (Å²) in [6.07, 6.45) is 4.47. The predicted octanol–water partition coefficient (Wildman–Crippen LogP) is 2.95. The van der Waals surface area contributed by atoms with E-state index in [1.807, 2.05) is 6.92 Å². The molecule has 0 amide bonds. The molecule has 0 fully saturated rings. The maximum atomic E-state index is 13.3. The van der Waals surface area contributed by atoms with Crippen LogP contribution in [0, 0.1) is 5.82 Å². The molecule has 0 radical (unpaired) electrons. The fraction of sp³-hybridized carbons (Fsp3) is 0.250. The molecule has 3 aromatic heterocycles. The third-order valence-corrected chi connectivity index (χ3v) is 4.61. The van der Waals surface area contributed by atoms with E-state index in [2.05, 4.69) is 20.2 Å². The van der Waals surface area contributed by atoms with E-state index in [9.17, 15) is 9.18 Å². The third kappa shape index (κ3) is 3.47. The summed E-state index contributed by atoms with van der Waals surface area (Å²) in [5.74, 6) is -0.250. The summed E-state index contributed by atoms with van der Waals surface area (Å²) >= 11 is 0. The Bertz CT molecular complexity index is 1200. The molecule has 0 N–H and O–H groups in total. The number of halogens is 1. The topological polar surface area (TPSA) is 97.0 Å². The predicted molar refractivity (Wildman–Crippen MR) is 105 cm³/mol. The van der Waals surface area contributed by atoms with Crippen LogP contribution in [0.3, 0.4) is 0 Å². The van der Waals surface area contributed by atoms with Gasteiger partial charge in [0.15, 0.2) is 0 Å². The molecule has 0 aliphatic carbocycles. The van der Waals surface area contributed by atoms with Gasteiger partial charge in [0.25, 0.3) is 5.95 Å². The van der Waals surface area contributed by atoms with E-state index in [0.29, 0.717) is 22.5 Å². The van der Waals surface area contributed by atoms with Crippen molar-refractivity contribution in [2.45, 2.75) is 19.9 Å². The number of hydrogen-bond acceptors (Lipinski definition) is 7. The van der Waals surface area contributed by atoms with Gasteiger partial charge in [-0.15, -0.1) is 0 Å². The Kier molecular flexibility index (Phi) is 5.13. The number of hydrogen-bond donors (Lipinski definition) is 0. The molecule has 10 heteroatoms. The summed E-state index contributed by atoms with van der Waals surface area (Å²) < 4.78 is 26.8. The van der Waals surface area contributed by atoms with Crippen LogP contribution in [0.15, 0.2) is 42.9 Å². The molecule has 0 aliphatic rings. The standard InChI is InChI=1S/C20H19FN6O3/c1-4-30-19(28)14-9-22-26(11-14)20-24-16-10-23-27(17(16)18(25-20)29-3)12(2)13-5-7-15(21)8-6-13/h5-12H,4H2,1-3H3/t12-/m0/s1. The van der Waals surface area contributed by atoms with Crippen molar-refractivity contribution in [3.8, 4) is 11.8 Å². The van der Waals surface area contributed by atoms with E-state index in [-0.39, 0.29) is 24.4 Å². The molecular weight excluding hydrogens is 391 g/mol. The summed E-state index contributed by atoms with van der Waals surface area (Å²) in [5, 5.41) is 8.57. The zero-order valence-electron chi connectivity index (χ0n) is 16.6.